The molecular weight excluding hydrogens is 259 g/mol. The van der Waals surface area contributed by atoms with E-state index >= 15 is 0 Å². The highest BCUT2D eigenvalue weighted by Gasteiger charge is 2.34. The number of methoxy groups -OCH3 is 1. The minimum atomic E-state index is -4.41. The Labute approximate surface area is 109 Å². The molecule has 3 nitrogen and oxygen atoms in total. The largest absolute Gasteiger partial charge is 0.496 e. The number of nitrogens with one attached hydrogen (secondary N) is 1. The molecule has 0 spiro atoms. The highest BCUT2D eigenvalue weighted by atomic mass is 19.4. The summed E-state index contributed by atoms with van der Waals surface area (Å²) in [5, 5.41) is 3.15. The fraction of sp³-hybridized carbons (Fsp3) is 0.538. The summed E-state index contributed by atoms with van der Waals surface area (Å²) >= 11 is 0. The first-order valence-electron chi connectivity index (χ1n) is 6.07. The van der Waals surface area contributed by atoms with E-state index in [1.54, 1.807) is 6.07 Å². The number of rotatable bonds is 3. The van der Waals surface area contributed by atoms with Gasteiger partial charge in [-0.25, -0.2) is 0 Å². The zero-order valence-corrected chi connectivity index (χ0v) is 10.6. The van der Waals surface area contributed by atoms with Gasteiger partial charge < -0.3 is 14.8 Å². The summed E-state index contributed by atoms with van der Waals surface area (Å²) in [6.45, 7) is 2.03. The molecule has 1 aliphatic rings. The summed E-state index contributed by atoms with van der Waals surface area (Å²) in [5.74, 6) is -0.154. The third-order valence-electron chi connectivity index (χ3n) is 3.04. The molecule has 1 heterocycles. The van der Waals surface area contributed by atoms with E-state index in [4.69, 9.17) is 9.47 Å². The predicted octanol–water partition coefficient (Wildman–Crippen LogP) is 2.24. The van der Waals surface area contributed by atoms with E-state index in [-0.39, 0.29) is 11.9 Å². The molecule has 0 bridgehead atoms. The number of ether oxygens (including phenoxy) is 2. The molecule has 1 saturated heterocycles. The first-order valence-corrected chi connectivity index (χ1v) is 6.07. The lowest BCUT2D eigenvalue weighted by molar-refractivity contribution is -0.138. The fourth-order valence-corrected chi connectivity index (χ4v) is 2.12. The van der Waals surface area contributed by atoms with Crippen molar-refractivity contribution in [2.75, 3.05) is 26.8 Å². The normalized spacial score (nSPS) is 20.3. The van der Waals surface area contributed by atoms with E-state index in [9.17, 15) is 13.2 Å². The molecule has 1 fully saturated rings. The molecule has 1 aliphatic heterocycles. The minimum absolute atomic E-state index is 0.0803. The van der Waals surface area contributed by atoms with Crippen molar-refractivity contribution in [2.24, 2.45) is 0 Å². The average molecular weight is 275 g/mol. The molecule has 0 aliphatic carbocycles. The van der Waals surface area contributed by atoms with Gasteiger partial charge in [0.1, 0.15) is 5.75 Å². The SMILES string of the molecule is COc1ccc(C[C@@H]2CNCCO2)cc1C(F)(F)F. The van der Waals surface area contributed by atoms with Gasteiger partial charge in [-0.3, -0.25) is 0 Å². The molecule has 0 aromatic heterocycles. The molecular formula is C13H16F3NO2. The number of morpholine rings is 1. The van der Waals surface area contributed by atoms with Crippen LogP contribution in [0.5, 0.6) is 5.75 Å². The lowest BCUT2D eigenvalue weighted by Crippen LogP contribution is -2.39. The second kappa shape index (κ2) is 5.79. The van der Waals surface area contributed by atoms with Gasteiger partial charge in [-0.2, -0.15) is 13.2 Å². The standard InChI is InChI=1S/C13H16F3NO2/c1-18-12-3-2-9(7-11(12)13(14,15)16)6-10-8-17-4-5-19-10/h2-3,7,10,17H,4-6,8H2,1H3/t10-/m1/s1. The van der Waals surface area contributed by atoms with Crippen LogP contribution in [0.3, 0.4) is 0 Å². The van der Waals surface area contributed by atoms with Crippen molar-refractivity contribution >= 4 is 0 Å². The first-order chi connectivity index (χ1) is 9.00. The molecule has 2 rings (SSSR count). The first kappa shape index (κ1) is 14.1. The van der Waals surface area contributed by atoms with Crippen LogP contribution in [0.2, 0.25) is 0 Å². The molecule has 1 aromatic rings. The summed E-state index contributed by atoms with van der Waals surface area (Å²) in [4.78, 5) is 0. The van der Waals surface area contributed by atoms with Crippen molar-refractivity contribution in [1.82, 2.24) is 5.32 Å². The van der Waals surface area contributed by atoms with Gasteiger partial charge in [-0.1, -0.05) is 6.07 Å². The monoisotopic (exact) mass is 275 g/mol. The quantitative estimate of drug-likeness (QED) is 0.917. The molecule has 0 amide bonds. The maximum absolute atomic E-state index is 12.9. The van der Waals surface area contributed by atoms with Gasteiger partial charge in [-0.05, 0) is 24.1 Å². The van der Waals surface area contributed by atoms with Crippen LogP contribution in [-0.4, -0.2) is 32.9 Å². The number of hydrogen-bond acceptors (Lipinski definition) is 3. The second-order valence-corrected chi connectivity index (χ2v) is 4.43. The Bertz CT molecular complexity index is 428. The zero-order valence-electron chi connectivity index (χ0n) is 10.6. The van der Waals surface area contributed by atoms with Crippen molar-refractivity contribution in [2.45, 2.75) is 18.7 Å². The zero-order chi connectivity index (χ0) is 13.9. The van der Waals surface area contributed by atoms with Crippen LogP contribution in [0.4, 0.5) is 13.2 Å². The molecule has 0 radical (unpaired) electrons. The van der Waals surface area contributed by atoms with Gasteiger partial charge in [-0.15, -0.1) is 0 Å². The third-order valence-corrected chi connectivity index (χ3v) is 3.04. The van der Waals surface area contributed by atoms with Crippen LogP contribution in [0.15, 0.2) is 18.2 Å². The van der Waals surface area contributed by atoms with E-state index in [1.807, 2.05) is 0 Å². The Morgan fingerprint density at radius 3 is 2.79 bits per heavy atom. The third kappa shape index (κ3) is 3.61. The van der Waals surface area contributed by atoms with E-state index < -0.39 is 11.7 Å². The molecule has 1 N–H and O–H groups in total. The molecule has 1 aromatic carbocycles. The van der Waals surface area contributed by atoms with Gasteiger partial charge in [0.25, 0.3) is 0 Å². The number of hydrogen-bond donors (Lipinski definition) is 1. The fourth-order valence-electron chi connectivity index (χ4n) is 2.12. The lowest BCUT2D eigenvalue weighted by Gasteiger charge is -2.24. The van der Waals surface area contributed by atoms with Crippen molar-refractivity contribution in [3.05, 3.63) is 29.3 Å². The minimum Gasteiger partial charge on any atom is -0.496 e. The van der Waals surface area contributed by atoms with Crippen molar-refractivity contribution < 1.29 is 22.6 Å². The van der Waals surface area contributed by atoms with Crippen molar-refractivity contribution in [1.29, 1.82) is 0 Å². The number of alkyl halides is 3. The van der Waals surface area contributed by atoms with Crippen LogP contribution in [0.25, 0.3) is 0 Å². The van der Waals surface area contributed by atoms with Gasteiger partial charge in [0.15, 0.2) is 0 Å². The molecule has 106 valence electrons. The Morgan fingerprint density at radius 1 is 1.42 bits per heavy atom. The maximum atomic E-state index is 12.9. The van der Waals surface area contributed by atoms with Gasteiger partial charge in [0.2, 0.25) is 0 Å². The van der Waals surface area contributed by atoms with E-state index in [1.165, 1.54) is 13.2 Å². The average Bonchev–Trinajstić information content (AvgIpc) is 2.39. The molecule has 19 heavy (non-hydrogen) atoms. The summed E-state index contributed by atoms with van der Waals surface area (Å²) in [7, 11) is 1.23. The molecule has 0 saturated carbocycles. The summed E-state index contributed by atoms with van der Waals surface area (Å²) < 4.78 is 48.9. The van der Waals surface area contributed by atoms with Crippen LogP contribution in [0.1, 0.15) is 11.1 Å². The van der Waals surface area contributed by atoms with Gasteiger partial charge in [0, 0.05) is 13.1 Å². The highest BCUT2D eigenvalue weighted by Crippen LogP contribution is 2.36. The van der Waals surface area contributed by atoms with E-state index in [2.05, 4.69) is 5.32 Å². The van der Waals surface area contributed by atoms with Crippen LogP contribution in [-0.2, 0) is 17.3 Å². The Hall–Kier alpha value is -1.27. The van der Waals surface area contributed by atoms with Crippen molar-refractivity contribution in [3.8, 4) is 5.75 Å². The molecule has 6 heteroatoms. The second-order valence-electron chi connectivity index (χ2n) is 4.43. The van der Waals surface area contributed by atoms with Crippen LogP contribution >= 0.6 is 0 Å². The Kier molecular flexibility index (Phi) is 4.31. The Balaban J connectivity index is 2.17. The topological polar surface area (TPSA) is 30.5 Å². The van der Waals surface area contributed by atoms with E-state index in [0.717, 1.165) is 12.6 Å². The smallest absolute Gasteiger partial charge is 0.419 e. The van der Waals surface area contributed by atoms with E-state index in [0.29, 0.717) is 25.1 Å². The lowest BCUT2D eigenvalue weighted by atomic mass is 10.0. The molecule has 1 atom stereocenters. The summed E-state index contributed by atoms with van der Waals surface area (Å²) in [6, 6.07) is 4.14. The summed E-state index contributed by atoms with van der Waals surface area (Å²) in [6.07, 6.45) is -4.03. The highest BCUT2D eigenvalue weighted by molar-refractivity contribution is 5.39. The van der Waals surface area contributed by atoms with Crippen LogP contribution in [0, 0.1) is 0 Å². The predicted molar refractivity (Wildman–Crippen MR) is 64.3 cm³/mol. The van der Waals surface area contributed by atoms with Gasteiger partial charge in [0.05, 0.1) is 25.4 Å². The Morgan fingerprint density at radius 2 is 2.21 bits per heavy atom. The molecule has 0 unspecified atom stereocenters. The number of halogens is 3. The number of benzene rings is 1. The summed E-state index contributed by atoms with van der Waals surface area (Å²) in [5.41, 5.74) is -0.141. The maximum Gasteiger partial charge on any atom is 0.419 e. The van der Waals surface area contributed by atoms with Gasteiger partial charge >= 0.3 is 6.18 Å². The van der Waals surface area contributed by atoms with Crippen LogP contribution < -0.4 is 10.1 Å². The van der Waals surface area contributed by atoms with Crippen molar-refractivity contribution in [3.63, 3.8) is 0 Å².